The molecule has 4 aromatic carbocycles. The van der Waals surface area contributed by atoms with Crippen molar-refractivity contribution in [2.24, 2.45) is 10.1 Å². The molecule has 0 fully saturated rings. The van der Waals surface area contributed by atoms with Crippen LogP contribution in [-0.2, 0) is 28.5 Å². The van der Waals surface area contributed by atoms with E-state index < -0.39 is 6.10 Å². The van der Waals surface area contributed by atoms with E-state index in [1.54, 1.807) is 10.7 Å². The van der Waals surface area contributed by atoms with Crippen molar-refractivity contribution in [3.63, 3.8) is 0 Å². The molecule has 1 aromatic heterocycles. The van der Waals surface area contributed by atoms with Gasteiger partial charge in [-0.15, -0.1) is 10.2 Å². The summed E-state index contributed by atoms with van der Waals surface area (Å²) in [7, 11) is 0. The number of fused-ring (bicyclic) bond motifs is 1. The summed E-state index contributed by atoms with van der Waals surface area (Å²) >= 11 is 0. The predicted octanol–water partition coefficient (Wildman–Crippen LogP) is 11.1. The molecule has 0 spiro atoms. The van der Waals surface area contributed by atoms with E-state index in [-0.39, 0.29) is 16.7 Å². The SMILES string of the molecule is CCC1=Nn2c(nnc2-c2cc(N)cc(NC(=O)C(CC)Oc3ccc(C(C)(C)CC)cc3C(C)(C)CC)c2)C1=Nc1ccc(N(CC)CC)cc1CCc1ccccc1. The average molecular weight is 809 g/mol. The number of anilines is 3. The number of benzene rings is 4. The van der Waals surface area contributed by atoms with Crippen LogP contribution in [0.2, 0.25) is 0 Å². The van der Waals surface area contributed by atoms with Crippen LogP contribution in [0, 0.1) is 0 Å². The molecular formula is C50H64N8O2. The lowest BCUT2D eigenvalue weighted by Crippen LogP contribution is -2.33. The number of aryl methyl sites for hydroxylation is 2. The molecule has 10 nitrogen and oxygen atoms in total. The van der Waals surface area contributed by atoms with E-state index in [2.05, 4.69) is 137 Å². The van der Waals surface area contributed by atoms with E-state index in [4.69, 9.17) is 20.6 Å². The fraction of sp³-hybridized carbons (Fsp3) is 0.420. The number of nitrogens with zero attached hydrogens (tertiary/aromatic N) is 6. The molecule has 1 aliphatic rings. The number of amides is 1. The zero-order valence-corrected chi connectivity index (χ0v) is 37.4. The van der Waals surface area contributed by atoms with Gasteiger partial charge in [-0.25, -0.2) is 4.99 Å². The maximum atomic E-state index is 13.9. The molecule has 60 heavy (non-hydrogen) atoms. The highest BCUT2D eigenvalue weighted by molar-refractivity contribution is 6.49. The van der Waals surface area contributed by atoms with E-state index in [9.17, 15) is 4.79 Å². The fourth-order valence-corrected chi connectivity index (χ4v) is 7.59. The quantitative estimate of drug-likeness (QED) is 0.0850. The van der Waals surface area contributed by atoms with Crippen molar-refractivity contribution in [3.05, 3.63) is 113 Å². The maximum absolute atomic E-state index is 13.9. The van der Waals surface area contributed by atoms with Crippen molar-refractivity contribution < 1.29 is 9.53 Å². The van der Waals surface area contributed by atoms with E-state index in [0.29, 0.717) is 47.1 Å². The third kappa shape index (κ3) is 9.48. The summed E-state index contributed by atoms with van der Waals surface area (Å²) in [4.78, 5) is 21.6. The van der Waals surface area contributed by atoms with Crippen molar-refractivity contribution in [1.29, 1.82) is 0 Å². The number of hydrogen-bond donors (Lipinski definition) is 2. The number of nitrogens with two attached hydrogens (primary N) is 1. The second kappa shape index (κ2) is 18.7. The third-order valence-electron chi connectivity index (χ3n) is 12.3. The Kier molecular flexibility index (Phi) is 13.6. The highest BCUT2D eigenvalue weighted by Gasteiger charge is 2.31. The van der Waals surface area contributed by atoms with E-state index in [0.717, 1.165) is 67.0 Å². The fourth-order valence-electron chi connectivity index (χ4n) is 7.59. The van der Waals surface area contributed by atoms with Gasteiger partial charge >= 0.3 is 0 Å². The van der Waals surface area contributed by atoms with Crippen LogP contribution in [0.4, 0.5) is 22.7 Å². The number of rotatable bonds is 18. The van der Waals surface area contributed by atoms with Gasteiger partial charge < -0.3 is 20.7 Å². The lowest BCUT2D eigenvalue weighted by atomic mass is 9.76. The summed E-state index contributed by atoms with van der Waals surface area (Å²) in [5.74, 6) is 1.55. The van der Waals surface area contributed by atoms with Crippen molar-refractivity contribution >= 4 is 40.1 Å². The van der Waals surface area contributed by atoms with Gasteiger partial charge in [-0.05, 0) is 122 Å². The summed E-state index contributed by atoms with van der Waals surface area (Å²) in [6.07, 6.45) is 4.10. The lowest BCUT2D eigenvalue weighted by Gasteiger charge is -2.31. The summed E-state index contributed by atoms with van der Waals surface area (Å²) in [6, 6.07) is 29.0. The van der Waals surface area contributed by atoms with Crippen LogP contribution < -0.4 is 20.7 Å². The molecule has 1 amide bonds. The Hall–Kier alpha value is -5.77. The molecule has 2 heterocycles. The Bertz CT molecular complexity index is 2350. The molecule has 0 saturated heterocycles. The number of aliphatic imine (C=N–C) groups is 1. The molecule has 3 N–H and O–H groups in total. The highest BCUT2D eigenvalue weighted by atomic mass is 16.5. The first-order valence-corrected chi connectivity index (χ1v) is 21.8. The van der Waals surface area contributed by atoms with Crippen LogP contribution in [0.25, 0.3) is 11.4 Å². The molecule has 0 aliphatic carbocycles. The van der Waals surface area contributed by atoms with Crippen LogP contribution >= 0.6 is 0 Å². The molecule has 1 aliphatic heterocycles. The number of nitrogen functional groups attached to an aromatic ring is 1. The first-order valence-electron chi connectivity index (χ1n) is 21.8. The zero-order chi connectivity index (χ0) is 43.2. The van der Waals surface area contributed by atoms with Crippen LogP contribution in [0.15, 0.2) is 95.0 Å². The first-order chi connectivity index (χ1) is 28.7. The minimum absolute atomic E-state index is 0.0234. The first kappa shape index (κ1) is 43.8. The van der Waals surface area contributed by atoms with E-state index >= 15 is 0 Å². The highest BCUT2D eigenvalue weighted by Crippen LogP contribution is 2.39. The van der Waals surface area contributed by atoms with Gasteiger partial charge in [-0.2, -0.15) is 9.78 Å². The summed E-state index contributed by atoms with van der Waals surface area (Å²) in [5.41, 5.74) is 16.5. The lowest BCUT2D eigenvalue weighted by molar-refractivity contribution is -0.122. The van der Waals surface area contributed by atoms with Gasteiger partial charge in [0.2, 0.25) is 5.82 Å². The number of ether oxygens (including phenoxy) is 1. The Balaban J connectivity index is 1.28. The molecule has 1 unspecified atom stereocenters. The Labute approximate surface area is 357 Å². The number of hydrogen-bond acceptors (Lipinski definition) is 8. The van der Waals surface area contributed by atoms with Crippen LogP contribution in [-0.4, -0.2) is 51.4 Å². The van der Waals surface area contributed by atoms with Gasteiger partial charge in [0, 0.05) is 41.3 Å². The molecule has 5 aromatic rings. The molecule has 0 bridgehead atoms. The largest absolute Gasteiger partial charge is 0.480 e. The number of carbonyl (C=O) groups is 1. The summed E-state index contributed by atoms with van der Waals surface area (Å²) < 4.78 is 8.31. The molecule has 1 atom stereocenters. The third-order valence-corrected chi connectivity index (χ3v) is 12.3. The van der Waals surface area contributed by atoms with Gasteiger partial charge in [0.1, 0.15) is 11.5 Å². The standard InChI is InChI=1S/C50H64N8O2/c1-11-41-45(53-42-26-25-39(57(15-5)16-6)30-34(42)23-22-33-20-18-17-19-21-33)47-55-54-46(58(47)56-41)35-28-37(51)32-38(29-35)52-48(59)43(12-2)60-44-27-24-36(49(7,8)13-3)31-40(44)50(9,10)14-4/h17-21,24-32,43H,11-16,22-23,51H2,1-10H3,(H,52,59). The minimum Gasteiger partial charge on any atom is -0.480 e. The van der Waals surface area contributed by atoms with Crippen LogP contribution in [0.3, 0.4) is 0 Å². The number of aromatic nitrogens is 3. The second-order valence-electron chi connectivity index (χ2n) is 17.0. The monoisotopic (exact) mass is 809 g/mol. The van der Waals surface area contributed by atoms with Crippen molar-refractivity contribution in [1.82, 2.24) is 14.9 Å². The normalized spacial score (nSPS) is 13.9. The van der Waals surface area contributed by atoms with E-state index in [1.807, 2.05) is 31.2 Å². The van der Waals surface area contributed by atoms with Gasteiger partial charge in [0.05, 0.1) is 11.4 Å². The van der Waals surface area contributed by atoms with Crippen LogP contribution in [0.5, 0.6) is 5.75 Å². The molecular weight excluding hydrogens is 745 g/mol. The molecule has 0 saturated carbocycles. The predicted molar refractivity (Wildman–Crippen MR) is 249 cm³/mol. The van der Waals surface area contributed by atoms with Gasteiger partial charge in [0.25, 0.3) is 5.91 Å². The van der Waals surface area contributed by atoms with Gasteiger partial charge in [0.15, 0.2) is 11.9 Å². The van der Waals surface area contributed by atoms with Crippen molar-refractivity contribution in [2.45, 2.75) is 125 Å². The van der Waals surface area contributed by atoms with Crippen molar-refractivity contribution in [3.8, 4) is 17.1 Å². The molecule has 316 valence electrons. The number of carbonyl (C=O) groups excluding carboxylic acids is 1. The van der Waals surface area contributed by atoms with Crippen molar-refractivity contribution in [2.75, 3.05) is 29.0 Å². The van der Waals surface area contributed by atoms with E-state index in [1.165, 1.54) is 16.8 Å². The van der Waals surface area contributed by atoms with Gasteiger partial charge in [-0.3, -0.25) is 4.79 Å². The molecule has 0 radical (unpaired) electrons. The topological polar surface area (TPSA) is 123 Å². The summed E-state index contributed by atoms with van der Waals surface area (Å²) in [5, 5.41) is 17.3. The van der Waals surface area contributed by atoms with Crippen LogP contribution in [0.1, 0.15) is 123 Å². The summed E-state index contributed by atoms with van der Waals surface area (Å²) in [6.45, 7) is 23.6. The average Bonchev–Trinajstić information content (AvgIpc) is 3.82. The van der Waals surface area contributed by atoms with Gasteiger partial charge in [-0.1, -0.05) is 97.9 Å². The Morgan fingerprint density at radius 2 is 1.55 bits per heavy atom. The smallest absolute Gasteiger partial charge is 0.265 e. The Morgan fingerprint density at radius 3 is 2.22 bits per heavy atom. The Morgan fingerprint density at radius 1 is 0.833 bits per heavy atom. The molecule has 6 rings (SSSR count). The zero-order valence-electron chi connectivity index (χ0n) is 37.4. The molecule has 10 heteroatoms. The second-order valence-corrected chi connectivity index (χ2v) is 17.0. The minimum atomic E-state index is -0.724. The maximum Gasteiger partial charge on any atom is 0.265 e. The number of nitrogens with one attached hydrogen (secondary N) is 1.